The fourth-order valence-corrected chi connectivity index (χ4v) is 1.67. The Labute approximate surface area is 100 Å². The molecule has 0 radical (unpaired) electrons. The van der Waals surface area contributed by atoms with Crippen LogP contribution in [-0.2, 0) is 5.41 Å². The van der Waals surface area contributed by atoms with E-state index in [0.29, 0.717) is 5.69 Å². The van der Waals surface area contributed by atoms with E-state index in [1.165, 1.54) is 0 Å². The SMILES string of the molecule is CC(C)(C)c1ccc2nnc(C#N)c(N)c2c1. The number of nitriles is 1. The number of nitrogens with two attached hydrogens (primary N) is 1. The molecule has 0 spiro atoms. The predicted molar refractivity (Wildman–Crippen MR) is 67.4 cm³/mol. The van der Waals surface area contributed by atoms with E-state index in [4.69, 9.17) is 11.0 Å². The van der Waals surface area contributed by atoms with Gasteiger partial charge in [0.15, 0.2) is 5.69 Å². The van der Waals surface area contributed by atoms with Gasteiger partial charge in [0.1, 0.15) is 6.07 Å². The van der Waals surface area contributed by atoms with Crippen molar-refractivity contribution in [1.29, 1.82) is 5.26 Å². The lowest BCUT2D eigenvalue weighted by atomic mass is 9.86. The van der Waals surface area contributed by atoms with E-state index in [2.05, 4.69) is 31.0 Å². The lowest BCUT2D eigenvalue weighted by Crippen LogP contribution is -2.11. The molecule has 0 saturated heterocycles. The zero-order valence-electron chi connectivity index (χ0n) is 10.2. The van der Waals surface area contributed by atoms with Gasteiger partial charge in [-0.25, -0.2) is 0 Å². The number of hydrogen-bond acceptors (Lipinski definition) is 4. The Bertz CT molecular complexity index is 618. The van der Waals surface area contributed by atoms with Crippen LogP contribution < -0.4 is 5.73 Å². The summed E-state index contributed by atoms with van der Waals surface area (Å²) < 4.78 is 0. The molecule has 1 heterocycles. The first-order valence-electron chi connectivity index (χ1n) is 5.40. The van der Waals surface area contributed by atoms with Crippen molar-refractivity contribution >= 4 is 16.6 Å². The van der Waals surface area contributed by atoms with Crippen LogP contribution in [0.1, 0.15) is 32.0 Å². The van der Waals surface area contributed by atoms with Gasteiger partial charge < -0.3 is 5.73 Å². The summed E-state index contributed by atoms with van der Waals surface area (Å²) in [5, 5.41) is 17.4. The third-order valence-corrected chi connectivity index (χ3v) is 2.77. The minimum absolute atomic E-state index is 0.0384. The molecule has 0 unspecified atom stereocenters. The molecule has 0 aliphatic heterocycles. The van der Waals surface area contributed by atoms with Gasteiger partial charge >= 0.3 is 0 Å². The summed E-state index contributed by atoms with van der Waals surface area (Å²) in [6, 6.07) is 7.84. The van der Waals surface area contributed by atoms with E-state index in [1.807, 2.05) is 24.3 Å². The van der Waals surface area contributed by atoms with Crippen molar-refractivity contribution in [2.24, 2.45) is 0 Å². The van der Waals surface area contributed by atoms with Crippen molar-refractivity contribution in [3.63, 3.8) is 0 Å². The molecule has 0 saturated carbocycles. The fourth-order valence-electron chi connectivity index (χ4n) is 1.67. The number of aromatic nitrogens is 2. The molecule has 2 N–H and O–H groups in total. The minimum Gasteiger partial charge on any atom is -0.396 e. The molecule has 86 valence electrons. The maximum Gasteiger partial charge on any atom is 0.186 e. The van der Waals surface area contributed by atoms with Crippen LogP contribution in [0.25, 0.3) is 10.9 Å². The number of anilines is 1. The number of rotatable bonds is 0. The van der Waals surface area contributed by atoms with Gasteiger partial charge in [0.05, 0.1) is 11.2 Å². The Morgan fingerprint density at radius 1 is 1.24 bits per heavy atom. The largest absolute Gasteiger partial charge is 0.396 e. The highest BCUT2D eigenvalue weighted by molar-refractivity contribution is 5.92. The second-order valence-electron chi connectivity index (χ2n) is 5.06. The Hall–Kier alpha value is -2.15. The molecule has 0 fully saturated rings. The van der Waals surface area contributed by atoms with E-state index in [1.54, 1.807) is 0 Å². The van der Waals surface area contributed by atoms with Crippen LogP contribution in [0.2, 0.25) is 0 Å². The Morgan fingerprint density at radius 2 is 1.94 bits per heavy atom. The smallest absolute Gasteiger partial charge is 0.186 e. The van der Waals surface area contributed by atoms with Crippen molar-refractivity contribution in [3.05, 3.63) is 29.5 Å². The number of hydrogen-bond donors (Lipinski definition) is 1. The number of nitrogens with zero attached hydrogens (tertiary/aromatic N) is 3. The highest BCUT2D eigenvalue weighted by atomic mass is 15.1. The molecule has 4 nitrogen and oxygen atoms in total. The molecule has 0 aliphatic rings. The lowest BCUT2D eigenvalue weighted by molar-refractivity contribution is 0.591. The first-order valence-corrected chi connectivity index (χ1v) is 5.40. The van der Waals surface area contributed by atoms with Crippen molar-refractivity contribution in [2.75, 3.05) is 5.73 Å². The second kappa shape index (κ2) is 3.70. The third-order valence-electron chi connectivity index (χ3n) is 2.77. The number of benzene rings is 1. The van der Waals surface area contributed by atoms with Gasteiger partial charge in [-0.3, -0.25) is 0 Å². The van der Waals surface area contributed by atoms with Crippen LogP contribution in [0.4, 0.5) is 5.69 Å². The molecule has 2 rings (SSSR count). The molecule has 1 aromatic heterocycles. The van der Waals surface area contributed by atoms with Crippen LogP contribution in [0.15, 0.2) is 18.2 Å². The molecule has 1 aromatic carbocycles. The van der Waals surface area contributed by atoms with E-state index in [9.17, 15) is 0 Å². The van der Waals surface area contributed by atoms with E-state index >= 15 is 0 Å². The maximum atomic E-state index is 8.87. The molecular formula is C13H14N4. The molecule has 0 amide bonds. The Balaban J connectivity index is 2.76. The van der Waals surface area contributed by atoms with E-state index in [0.717, 1.165) is 16.5 Å². The monoisotopic (exact) mass is 226 g/mol. The van der Waals surface area contributed by atoms with Crippen molar-refractivity contribution < 1.29 is 0 Å². The van der Waals surface area contributed by atoms with Gasteiger partial charge in [0.25, 0.3) is 0 Å². The first-order chi connectivity index (χ1) is 7.93. The van der Waals surface area contributed by atoms with Gasteiger partial charge in [-0.15, -0.1) is 10.2 Å². The molecule has 2 aromatic rings. The van der Waals surface area contributed by atoms with Crippen molar-refractivity contribution in [1.82, 2.24) is 10.2 Å². The highest BCUT2D eigenvalue weighted by Crippen LogP contribution is 2.28. The van der Waals surface area contributed by atoms with Crippen molar-refractivity contribution in [3.8, 4) is 6.07 Å². The summed E-state index contributed by atoms with van der Waals surface area (Å²) in [7, 11) is 0. The lowest BCUT2D eigenvalue weighted by Gasteiger charge is -2.19. The second-order valence-corrected chi connectivity index (χ2v) is 5.06. The Kier molecular flexibility index (Phi) is 2.47. The minimum atomic E-state index is 0.0384. The van der Waals surface area contributed by atoms with Gasteiger partial charge in [0.2, 0.25) is 0 Å². The van der Waals surface area contributed by atoms with E-state index < -0.39 is 0 Å². The normalized spacial score (nSPS) is 11.4. The molecule has 0 atom stereocenters. The average Bonchev–Trinajstić information content (AvgIpc) is 2.28. The van der Waals surface area contributed by atoms with Gasteiger partial charge in [-0.05, 0) is 23.1 Å². The average molecular weight is 226 g/mol. The topological polar surface area (TPSA) is 75.6 Å². The van der Waals surface area contributed by atoms with Crippen LogP contribution in [0.5, 0.6) is 0 Å². The van der Waals surface area contributed by atoms with Crippen molar-refractivity contribution in [2.45, 2.75) is 26.2 Å². The van der Waals surface area contributed by atoms with Gasteiger partial charge in [-0.2, -0.15) is 5.26 Å². The van der Waals surface area contributed by atoms with Gasteiger partial charge in [-0.1, -0.05) is 26.8 Å². The fraction of sp³-hybridized carbons (Fsp3) is 0.308. The predicted octanol–water partition coefficient (Wildman–Crippen LogP) is 2.38. The molecule has 0 aliphatic carbocycles. The quantitative estimate of drug-likeness (QED) is 0.748. The summed E-state index contributed by atoms with van der Waals surface area (Å²) in [6.07, 6.45) is 0. The summed E-state index contributed by atoms with van der Waals surface area (Å²) in [6.45, 7) is 6.39. The number of fused-ring (bicyclic) bond motifs is 1. The van der Waals surface area contributed by atoms with Gasteiger partial charge in [0, 0.05) is 5.39 Å². The van der Waals surface area contributed by atoms with Crippen LogP contribution >= 0.6 is 0 Å². The highest BCUT2D eigenvalue weighted by Gasteiger charge is 2.15. The summed E-state index contributed by atoms with van der Waals surface area (Å²) in [4.78, 5) is 0. The summed E-state index contributed by atoms with van der Waals surface area (Å²) in [5.41, 5.74) is 8.42. The first kappa shape index (κ1) is 11.3. The molecular weight excluding hydrogens is 212 g/mol. The standard InChI is InChI=1S/C13H14N4/c1-13(2,3)8-4-5-10-9(6-8)12(15)11(7-14)17-16-10/h4-6H,1-3H3,(H2,15,16). The van der Waals surface area contributed by atoms with Crippen LogP contribution in [0.3, 0.4) is 0 Å². The molecule has 17 heavy (non-hydrogen) atoms. The third kappa shape index (κ3) is 1.92. The molecule has 4 heteroatoms. The van der Waals surface area contributed by atoms with Crippen LogP contribution in [-0.4, -0.2) is 10.2 Å². The van der Waals surface area contributed by atoms with E-state index in [-0.39, 0.29) is 11.1 Å². The maximum absolute atomic E-state index is 8.87. The molecule has 0 bridgehead atoms. The zero-order valence-corrected chi connectivity index (χ0v) is 10.2. The number of nitrogen functional groups attached to an aromatic ring is 1. The summed E-state index contributed by atoms with van der Waals surface area (Å²) >= 11 is 0. The van der Waals surface area contributed by atoms with Crippen LogP contribution in [0, 0.1) is 11.3 Å². The zero-order chi connectivity index (χ0) is 12.6. The Morgan fingerprint density at radius 3 is 2.53 bits per heavy atom. The summed E-state index contributed by atoms with van der Waals surface area (Å²) in [5.74, 6) is 0.